The molecule has 2 aromatic heterocycles. The number of nitrogens with one attached hydrogen (secondary N) is 1. The third kappa shape index (κ3) is 3.90. The summed E-state index contributed by atoms with van der Waals surface area (Å²) in [5.74, 6) is 1.14. The fourth-order valence-electron chi connectivity index (χ4n) is 1.88. The van der Waals surface area contributed by atoms with Crippen molar-refractivity contribution >= 4 is 17.2 Å². The molecule has 2 rings (SSSR count). The number of aromatic nitrogens is 2. The van der Waals surface area contributed by atoms with E-state index in [-0.39, 0.29) is 11.9 Å². The zero-order valence-corrected chi connectivity index (χ0v) is 12.6. The van der Waals surface area contributed by atoms with Gasteiger partial charge >= 0.3 is 0 Å². The van der Waals surface area contributed by atoms with Crippen molar-refractivity contribution in [1.82, 2.24) is 15.5 Å². The Morgan fingerprint density at radius 2 is 2.25 bits per heavy atom. The normalized spacial score (nSPS) is 10.9. The van der Waals surface area contributed by atoms with Crippen molar-refractivity contribution in [1.29, 1.82) is 0 Å². The van der Waals surface area contributed by atoms with E-state index < -0.39 is 0 Å². The van der Waals surface area contributed by atoms with Gasteiger partial charge in [-0.25, -0.2) is 0 Å². The average Bonchev–Trinajstić information content (AvgIpc) is 3.12. The SMILES string of the molecule is CCC(CC)NC(=O)CCc1nc(-c2cccs2)no1. The number of rotatable bonds is 7. The van der Waals surface area contributed by atoms with E-state index in [0.29, 0.717) is 24.6 Å². The van der Waals surface area contributed by atoms with E-state index in [1.54, 1.807) is 11.3 Å². The molecule has 0 radical (unpaired) electrons. The second kappa shape index (κ2) is 7.19. The highest BCUT2D eigenvalue weighted by Gasteiger charge is 2.12. The van der Waals surface area contributed by atoms with Crippen molar-refractivity contribution in [2.45, 2.75) is 45.6 Å². The van der Waals surface area contributed by atoms with Gasteiger partial charge in [-0.2, -0.15) is 4.98 Å². The molecule has 1 N–H and O–H groups in total. The van der Waals surface area contributed by atoms with Crippen LogP contribution in [0.1, 0.15) is 39.0 Å². The molecule has 1 amide bonds. The average molecular weight is 293 g/mol. The number of carbonyl (C=O) groups is 1. The Labute approximate surface area is 122 Å². The number of nitrogens with zero attached hydrogens (tertiary/aromatic N) is 2. The fraction of sp³-hybridized carbons (Fsp3) is 0.500. The largest absolute Gasteiger partial charge is 0.353 e. The summed E-state index contributed by atoms with van der Waals surface area (Å²) in [6.45, 7) is 4.14. The van der Waals surface area contributed by atoms with Gasteiger partial charge in [-0.15, -0.1) is 11.3 Å². The third-order valence-electron chi connectivity index (χ3n) is 3.13. The Balaban J connectivity index is 1.84. The predicted octanol–water partition coefficient (Wildman–Crippen LogP) is 3.04. The molecular weight excluding hydrogens is 274 g/mol. The van der Waals surface area contributed by atoms with E-state index in [9.17, 15) is 4.79 Å². The molecule has 108 valence electrons. The van der Waals surface area contributed by atoms with Crippen molar-refractivity contribution < 1.29 is 9.32 Å². The van der Waals surface area contributed by atoms with Gasteiger partial charge in [-0.1, -0.05) is 25.1 Å². The van der Waals surface area contributed by atoms with Gasteiger partial charge in [0.05, 0.1) is 4.88 Å². The van der Waals surface area contributed by atoms with Gasteiger partial charge in [-0.05, 0) is 24.3 Å². The van der Waals surface area contributed by atoms with Crippen LogP contribution in [0.2, 0.25) is 0 Å². The maximum atomic E-state index is 11.8. The van der Waals surface area contributed by atoms with Gasteiger partial charge in [0.1, 0.15) is 0 Å². The molecule has 5 nitrogen and oxygen atoms in total. The molecule has 0 unspecified atom stereocenters. The summed E-state index contributed by atoms with van der Waals surface area (Å²) >= 11 is 1.56. The van der Waals surface area contributed by atoms with Crippen LogP contribution >= 0.6 is 11.3 Å². The molecule has 0 aromatic carbocycles. The van der Waals surface area contributed by atoms with Crippen LogP contribution in [0.3, 0.4) is 0 Å². The first-order valence-electron chi connectivity index (χ1n) is 6.88. The number of carbonyl (C=O) groups excluding carboxylic acids is 1. The molecule has 0 atom stereocenters. The first-order chi connectivity index (χ1) is 9.72. The summed E-state index contributed by atoms with van der Waals surface area (Å²) in [5, 5.41) is 8.88. The van der Waals surface area contributed by atoms with E-state index in [1.807, 2.05) is 17.5 Å². The lowest BCUT2D eigenvalue weighted by Gasteiger charge is -2.13. The minimum absolute atomic E-state index is 0.0366. The van der Waals surface area contributed by atoms with Gasteiger partial charge in [0, 0.05) is 18.9 Å². The first kappa shape index (κ1) is 14.7. The van der Waals surface area contributed by atoms with Crippen molar-refractivity contribution in [3.8, 4) is 10.7 Å². The maximum absolute atomic E-state index is 11.8. The van der Waals surface area contributed by atoms with Crippen LogP contribution in [-0.2, 0) is 11.2 Å². The summed E-state index contributed by atoms with van der Waals surface area (Å²) in [6.07, 6.45) is 2.75. The molecular formula is C14H19N3O2S. The summed E-state index contributed by atoms with van der Waals surface area (Å²) in [6, 6.07) is 4.14. The Morgan fingerprint density at radius 3 is 2.90 bits per heavy atom. The quantitative estimate of drug-likeness (QED) is 0.852. The Kier molecular flexibility index (Phi) is 5.29. The Hall–Kier alpha value is -1.69. The molecule has 6 heteroatoms. The van der Waals surface area contributed by atoms with E-state index >= 15 is 0 Å². The van der Waals surface area contributed by atoms with Crippen LogP contribution < -0.4 is 5.32 Å². The van der Waals surface area contributed by atoms with Crippen molar-refractivity contribution in [3.63, 3.8) is 0 Å². The zero-order valence-electron chi connectivity index (χ0n) is 11.8. The predicted molar refractivity (Wildman–Crippen MR) is 78.4 cm³/mol. The van der Waals surface area contributed by atoms with Crippen LogP contribution in [0.5, 0.6) is 0 Å². The maximum Gasteiger partial charge on any atom is 0.227 e. The molecule has 0 saturated carbocycles. The number of hydrogen-bond donors (Lipinski definition) is 1. The molecule has 2 aromatic rings. The molecule has 0 bridgehead atoms. The van der Waals surface area contributed by atoms with Crippen LogP contribution in [-0.4, -0.2) is 22.1 Å². The number of thiophene rings is 1. The number of hydrogen-bond acceptors (Lipinski definition) is 5. The summed E-state index contributed by atoms with van der Waals surface area (Å²) < 4.78 is 5.16. The van der Waals surface area contributed by atoms with Crippen molar-refractivity contribution in [2.24, 2.45) is 0 Å². The lowest BCUT2D eigenvalue weighted by molar-refractivity contribution is -0.121. The molecule has 0 aliphatic rings. The minimum Gasteiger partial charge on any atom is -0.353 e. The van der Waals surface area contributed by atoms with Gasteiger partial charge in [-0.3, -0.25) is 4.79 Å². The lowest BCUT2D eigenvalue weighted by atomic mass is 10.1. The molecule has 20 heavy (non-hydrogen) atoms. The van der Waals surface area contributed by atoms with Crippen molar-refractivity contribution in [2.75, 3.05) is 0 Å². The van der Waals surface area contributed by atoms with E-state index in [2.05, 4.69) is 29.3 Å². The van der Waals surface area contributed by atoms with Crippen molar-refractivity contribution in [3.05, 3.63) is 23.4 Å². The number of amides is 1. The standard InChI is InChI=1S/C14H19N3O2S/c1-3-10(4-2)15-12(18)7-8-13-16-14(17-19-13)11-6-5-9-20-11/h5-6,9-10H,3-4,7-8H2,1-2H3,(H,15,18). The van der Waals surface area contributed by atoms with Crippen LogP contribution in [0.4, 0.5) is 0 Å². The van der Waals surface area contributed by atoms with E-state index in [1.165, 1.54) is 0 Å². The number of aryl methyl sites for hydroxylation is 1. The van der Waals surface area contributed by atoms with Crippen LogP contribution in [0, 0.1) is 0 Å². The topological polar surface area (TPSA) is 68.0 Å². The highest BCUT2D eigenvalue weighted by molar-refractivity contribution is 7.13. The molecule has 0 aliphatic heterocycles. The van der Waals surface area contributed by atoms with Crippen LogP contribution in [0.25, 0.3) is 10.7 Å². The Morgan fingerprint density at radius 1 is 1.45 bits per heavy atom. The highest BCUT2D eigenvalue weighted by Crippen LogP contribution is 2.21. The van der Waals surface area contributed by atoms with E-state index in [4.69, 9.17) is 4.52 Å². The van der Waals surface area contributed by atoms with E-state index in [0.717, 1.165) is 17.7 Å². The summed E-state index contributed by atoms with van der Waals surface area (Å²) in [4.78, 5) is 17.1. The summed E-state index contributed by atoms with van der Waals surface area (Å²) in [5.41, 5.74) is 0. The monoisotopic (exact) mass is 293 g/mol. The summed E-state index contributed by atoms with van der Waals surface area (Å²) in [7, 11) is 0. The van der Waals surface area contributed by atoms with Gasteiger partial charge in [0.2, 0.25) is 17.6 Å². The molecule has 2 heterocycles. The molecule has 0 aliphatic carbocycles. The van der Waals surface area contributed by atoms with Crippen LogP contribution in [0.15, 0.2) is 22.0 Å². The second-order valence-electron chi connectivity index (χ2n) is 4.57. The molecule has 0 spiro atoms. The third-order valence-corrected chi connectivity index (χ3v) is 3.99. The second-order valence-corrected chi connectivity index (χ2v) is 5.52. The minimum atomic E-state index is 0.0366. The molecule has 0 fully saturated rings. The van der Waals surface area contributed by atoms with Gasteiger partial charge in [0.15, 0.2) is 0 Å². The zero-order chi connectivity index (χ0) is 14.4. The molecule has 0 saturated heterocycles. The Bertz CT molecular complexity index is 532. The first-order valence-corrected chi connectivity index (χ1v) is 7.76. The highest BCUT2D eigenvalue weighted by atomic mass is 32.1. The fourth-order valence-corrected chi connectivity index (χ4v) is 2.52. The van der Waals surface area contributed by atoms with Gasteiger partial charge in [0.25, 0.3) is 0 Å². The van der Waals surface area contributed by atoms with Gasteiger partial charge < -0.3 is 9.84 Å². The smallest absolute Gasteiger partial charge is 0.227 e. The lowest BCUT2D eigenvalue weighted by Crippen LogP contribution is -2.33.